The lowest BCUT2D eigenvalue weighted by molar-refractivity contribution is -0.398. The van der Waals surface area contributed by atoms with Crippen LogP contribution >= 0.6 is 0 Å². The molecule has 7 aromatic carbocycles. The maximum atomic E-state index is 15.2. The second kappa shape index (κ2) is 37.5. The summed E-state index contributed by atoms with van der Waals surface area (Å²) in [6.07, 6.45) is -18.0. The van der Waals surface area contributed by atoms with Crippen LogP contribution in [0.4, 0.5) is 0 Å². The number of benzene rings is 7. The monoisotopic (exact) mass is 1450 g/mol. The van der Waals surface area contributed by atoms with Gasteiger partial charge in [0.2, 0.25) is 0 Å². The predicted octanol–water partition coefficient (Wildman–Crippen LogP) is 14.6. The fraction of sp³-hybridized carbons (Fsp3) is 0.483. The minimum absolute atomic E-state index is 0.00303. The predicted molar refractivity (Wildman–Crippen MR) is 394 cm³/mol. The second-order valence-electron chi connectivity index (χ2n) is 29.3. The average Bonchev–Trinajstić information content (AvgIpc) is 0.757. The Morgan fingerprint density at radius 1 is 0.264 bits per heavy atom. The summed E-state index contributed by atoms with van der Waals surface area (Å²) in [6, 6.07) is 65.6. The standard InChI is InChI=1S/C87H104O19/c1-53-56(4)75(100-81(88)67-40-26-15-27-41-67)84(96-60(53)8)104-74-59(7)71(51-92-47-64-34-20-12-21-35-64)98-87(80(74)102-83(90)69-44-30-17-31-45-69)105-77-72(52-93-48-65-36-22-13-23-37-65)99-86(103-73-58(6)55(3)70(95-62(73)10)50-91-46-63-32-18-11-19-33-63)79(94-49-66-38-24-14-25-39-66)78(77)106-85-76(57(5)54(2)61(9)97-85)101-82(89)68-42-28-16-29-43-68/h11-45,53-62,70-80,84-87H,46-52H2,1-10H3/t53-,54-,55+,56+,57+,58+,59-,60?,61?,62-,70?,71?,72?,73?,74+,75?,76?,77-,78+,79?,80?,84+,85+,86-,87+/m1/s1. The first-order valence-electron chi connectivity index (χ1n) is 37.6. The van der Waals surface area contributed by atoms with E-state index >= 15 is 4.79 Å². The normalized spacial score (nSPS) is 33.2. The molecule has 0 N–H and O–H groups in total. The third-order valence-corrected chi connectivity index (χ3v) is 22.2. The molecule has 19 nitrogen and oxygen atoms in total. The Hall–Kier alpha value is -7.57. The van der Waals surface area contributed by atoms with Crippen LogP contribution in [0.1, 0.15) is 123 Å². The third kappa shape index (κ3) is 19.6. The Morgan fingerprint density at radius 2 is 0.575 bits per heavy atom. The number of ether oxygens (including phenoxy) is 16. The minimum atomic E-state index is -1.57. The summed E-state index contributed by atoms with van der Waals surface area (Å²) in [5.41, 5.74) is 4.63. The summed E-state index contributed by atoms with van der Waals surface area (Å²) < 4.78 is 113. The number of hydrogen-bond acceptors (Lipinski definition) is 19. The van der Waals surface area contributed by atoms with E-state index in [9.17, 15) is 9.59 Å². The molecular weight excluding hydrogens is 1350 g/mol. The number of hydrogen-bond donors (Lipinski definition) is 0. The molecule has 0 aliphatic carbocycles. The Labute approximate surface area is 623 Å². The molecule has 10 unspecified atom stereocenters. The van der Waals surface area contributed by atoms with Crippen molar-refractivity contribution in [3.63, 3.8) is 0 Å². The summed E-state index contributed by atoms with van der Waals surface area (Å²) in [6.45, 7) is 21.4. The molecule has 25 atom stereocenters. The number of rotatable bonds is 29. The van der Waals surface area contributed by atoms with Gasteiger partial charge in [-0.25, -0.2) is 14.4 Å². The third-order valence-electron chi connectivity index (χ3n) is 22.2. The maximum Gasteiger partial charge on any atom is 0.338 e. The molecular formula is C87H104O19. The van der Waals surface area contributed by atoms with Crippen LogP contribution in [0.2, 0.25) is 0 Å². The largest absolute Gasteiger partial charge is 0.453 e. The zero-order valence-electron chi connectivity index (χ0n) is 62.3. The van der Waals surface area contributed by atoms with Crippen LogP contribution in [0, 0.1) is 41.4 Å². The van der Waals surface area contributed by atoms with Gasteiger partial charge in [0.1, 0.15) is 30.5 Å². The van der Waals surface area contributed by atoms with E-state index in [-0.39, 0.29) is 86.3 Å². The molecule has 5 heterocycles. The van der Waals surface area contributed by atoms with Gasteiger partial charge in [0.25, 0.3) is 0 Å². The lowest BCUT2D eigenvalue weighted by Gasteiger charge is -2.53. The number of carbonyl (C=O) groups excluding carboxylic acids is 3. The summed E-state index contributed by atoms with van der Waals surface area (Å²) >= 11 is 0. The van der Waals surface area contributed by atoms with Crippen LogP contribution < -0.4 is 0 Å². The molecule has 0 aromatic heterocycles. The average molecular weight is 1450 g/mol. The molecule has 106 heavy (non-hydrogen) atoms. The van der Waals surface area contributed by atoms with Crippen molar-refractivity contribution in [1.82, 2.24) is 0 Å². The highest BCUT2D eigenvalue weighted by Gasteiger charge is 2.59. The van der Waals surface area contributed by atoms with Crippen molar-refractivity contribution in [3.05, 3.63) is 251 Å². The molecule has 19 heteroatoms. The van der Waals surface area contributed by atoms with Crippen LogP contribution in [0.3, 0.4) is 0 Å². The summed E-state index contributed by atoms with van der Waals surface area (Å²) in [7, 11) is 0. The molecule has 5 aliphatic heterocycles. The molecule has 0 radical (unpaired) electrons. The van der Waals surface area contributed by atoms with Crippen molar-refractivity contribution in [2.24, 2.45) is 41.4 Å². The van der Waals surface area contributed by atoms with Gasteiger partial charge in [-0.3, -0.25) is 0 Å². The van der Waals surface area contributed by atoms with Crippen molar-refractivity contribution in [1.29, 1.82) is 0 Å². The highest BCUT2D eigenvalue weighted by Crippen LogP contribution is 2.44. The molecule has 12 rings (SSSR count). The number of carbonyl (C=O) groups is 3. The molecule has 5 aliphatic rings. The smallest absolute Gasteiger partial charge is 0.338 e. The van der Waals surface area contributed by atoms with Gasteiger partial charge in [-0.05, 0) is 103 Å². The Morgan fingerprint density at radius 3 is 1.00 bits per heavy atom. The van der Waals surface area contributed by atoms with Gasteiger partial charge in [-0.2, -0.15) is 0 Å². The van der Waals surface area contributed by atoms with Gasteiger partial charge in [0.05, 0.1) is 99.6 Å². The van der Waals surface area contributed by atoms with E-state index < -0.39 is 122 Å². The van der Waals surface area contributed by atoms with Gasteiger partial charge in [-0.1, -0.05) is 224 Å². The molecule has 0 spiro atoms. The van der Waals surface area contributed by atoms with Gasteiger partial charge < -0.3 is 75.8 Å². The quantitative estimate of drug-likeness (QED) is 0.0316. The fourth-order valence-corrected chi connectivity index (χ4v) is 14.9. The van der Waals surface area contributed by atoms with Crippen LogP contribution in [-0.2, 0) is 102 Å². The Kier molecular flexibility index (Phi) is 27.6. The van der Waals surface area contributed by atoms with Crippen molar-refractivity contribution in [3.8, 4) is 0 Å². The highest BCUT2D eigenvalue weighted by molar-refractivity contribution is 5.90. The molecule has 7 aromatic rings. The van der Waals surface area contributed by atoms with E-state index in [0.717, 1.165) is 22.3 Å². The van der Waals surface area contributed by atoms with Gasteiger partial charge in [0.15, 0.2) is 43.5 Å². The fourth-order valence-electron chi connectivity index (χ4n) is 14.9. The van der Waals surface area contributed by atoms with E-state index in [1.807, 2.05) is 181 Å². The first-order chi connectivity index (χ1) is 51.5. The lowest BCUT2D eigenvalue weighted by Crippen LogP contribution is -2.68. The zero-order chi connectivity index (χ0) is 74.2. The SMILES string of the molecule is CC1O[C@@H](O[C@@H]2C(OC(=O)c3ccccc3)[C@H](O[C@@H]3C(COCc4ccccc4)O[C@H](OC4[C@@H](C)[C@H](C)C(COCc5ccccc5)O[C@@H]4C)C(OCc4ccccc4)[C@H]3O[C@@H]3OC(C)[C@H](C)[C@H](C)C3OC(=O)c3ccccc3)OC(COCc3ccccc3)[C@H]2C)C(OC(=O)c2ccccc2)[C@@H](C)[C@H]1C. The lowest BCUT2D eigenvalue weighted by atomic mass is 9.81. The van der Waals surface area contributed by atoms with E-state index in [1.54, 1.807) is 72.8 Å². The van der Waals surface area contributed by atoms with Crippen LogP contribution in [0.25, 0.3) is 0 Å². The van der Waals surface area contributed by atoms with Gasteiger partial charge in [0, 0.05) is 17.8 Å². The zero-order valence-corrected chi connectivity index (χ0v) is 62.3. The van der Waals surface area contributed by atoms with E-state index in [0.29, 0.717) is 24.3 Å². The summed E-state index contributed by atoms with van der Waals surface area (Å²) in [4.78, 5) is 44.1. The molecule has 0 amide bonds. The van der Waals surface area contributed by atoms with E-state index in [1.165, 1.54) is 0 Å². The van der Waals surface area contributed by atoms with Crippen molar-refractivity contribution in [2.75, 3.05) is 19.8 Å². The minimum Gasteiger partial charge on any atom is -0.453 e. The first kappa shape index (κ1) is 78.0. The highest BCUT2D eigenvalue weighted by atomic mass is 16.8. The Bertz CT molecular complexity index is 3790. The second-order valence-corrected chi connectivity index (χ2v) is 29.3. The Balaban J connectivity index is 0.985. The number of esters is 3. The molecule has 5 fully saturated rings. The van der Waals surface area contributed by atoms with E-state index in [4.69, 9.17) is 75.8 Å². The molecule has 5 saturated heterocycles. The van der Waals surface area contributed by atoms with Crippen LogP contribution in [0.15, 0.2) is 212 Å². The summed E-state index contributed by atoms with van der Waals surface area (Å²) in [5, 5.41) is 0. The first-order valence-corrected chi connectivity index (χ1v) is 37.6. The molecule has 0 bridgehead atoms. The molecule has 566 valence electrons. The van der Waals surface area contributed by atoms with Crippen molar-refractivity contribution in [2.45, 2.75) is 206 Å². The van der Waals surface area contributed by atoms with Crippen LogP contribution in [0.5, 0.6) is 0 Å². The van der Waals surface area contributed by atoms with E-state index in [2.05, 4.69) is 27.7 Å². The van der Waals surface area contributed by atoms with Crippen molar-refractivity contribution >= 4 is 17.9 Å². The topological polar surface area (TPSA) is 199 Å². The van der Waals surface area contributed by atoms with Gasteiger partial charge >= 0.3 is 17.9 Å². The van der Waals surface area contributed by atoms with Gasteiger partial charge in [-0.15, -0.1) is 0 Å². The summed E-state index contributed by atoms with van der Waals surface area (Å²) in [5.74, 6) is -3.57. The maximum absolute atomic E-state index is 15.2. The molecule has 0 saturated carbocycles. The van der Waals surface area contributed by atoms with Crippen molar-refractivity contribution < 1.29 is 90.2 Å². The van der Waals surface area contributed by atoms with Crippen LogP contribution in [-0.4, -0.2) is 148 Å².